The van der Waals surface area contributed by atoms with Gasteiger partial charge in [0.1, 0.15) is 5.75 Å². The van der Waals surface area contributed by atoms with Crippen LogP contribution in [0.3, 0.4) is 0 Å². The van der Waals surface area contributed by atoms with E-state index in [2.05, 4.69) is 28.9 Å². The molecule has 0 radical (unpaired) electrons. The van der Waals surface area contributed by atoms with E-state index in [0.717, 1.165) is 16.6 Å². The maximum atomic E-state index is 5.94. The van der Waals surface area contributed by atoms with Gasteiger partial charge in [-0.1, -0.05) is 13.0 Å². The molecule has 0 aliphatic rings. The number of benzene rings is 1. The lowest BCUT2D eigenvalue weighted by Gasteiger charge is -2.24. The summed E-state index contributed by atoms with van der Waals surface area (Å²) in [5.74, 6) is 1.95. The summed E-state index contributed by atoms with van der Waals surface area (Å²) in [5, 5.41) is 0. The summed E-state index contributed by atoms with van der Waals surface area (Å²) in [6.45, 7) is 2.09. The normalized spacial score (nSPS) is 11.6. The molecule has 0 aliphatic heterocycles. The standard InChI is InChI=1S/C12H15BrCl2O/c1-12(7-14,8-15)6-9-3-4-11(16-2)10(13)5-9/h3-5H,6-8H2,1-2H3. The zero-order valence-corrected chi connectivity index (χ0v) is 12.5. The fourth-order valence-electron chi connectivity index (χ4n) is 1.44. The molecule has 90 valence electrons. The van der Waals surface area contributed by atoms with Crippen molar-refractivity contribution in [3.05, 3.63) is 28.2 Å². The smallest absolute Gasteiger partial charge is 0.133 e. The van der Waals surface area contributed by atoms with Crippen molar-refractivity contribution in [3.8, 4) is 5.75 Å². The van der Waals surface area contributed by atoms with Crippen LogP contribution in [0.15, 0.2) is 22.7 Å². The fourth-order valence-corrected chi connectivity index (χ4v) is 2.51. The third kappa shape index (κ3) is 3.54. The molecule has 0 spiro atoms. The molecular weight excluding hydrogens is 311 g/mol. The minimum atomic E-state index is -0.0584. The number of rotatable bonds is 5. The first-order chi connectivity index (χ1) is 7.54. The van der Waals surface area contributed by atoms with E-state index in [0.29, 0.717) is 11.8 Å². The zero-order chi connectivity index (χ0) is 12.2. The number of hydrogen-bond donors (Lipinski definition) is 0. The van der Waals surface area contributed by atoms with Gasteiger partial charge in [0.15, 0.2) is 0 Å². The molecule has 0 aromatic heterocycles. The molecule has 4 heteroatoms. The molecule has 0 fully saturated rings. The quantitative estimate of drug-likeness (QED) is 0.725. The van der Waals surface area contributed by atoms with Crippen LogP contribution >= 0.6 is 39.1 Å². The van der Waals surface area contributed by atoms with E-state index < -0.39 is 0 Å². The first-order valence-electron chi connectivity index (χ1n) is 4.99. The highest BCUT2D eigenvalue weighted by Crippen LogP contribution is 2.30. The number of methoxy groups -OCH3 is 1. The molecule has 0 amide bonds. The minimum Gasteiger partial charge on any atom is -0.496 e. The van der Waals surface area contributed by atoms with Crippen molar-refractivity contribution >= 4 is 39.1 Å². The van der Waals surface area contributed by atoms with Crippen LogP contribution in [-0.2, 0) is 6.42 Å². The van der Waals surface area contributed by atoms with Gasteiger partial charge in [0.2, 0.25) is 0 Å². The molecule has 1 nitrogen and oxygen atoms in total. The van der Waals surface area contributed by atoms with E-state index in [4.69, 9.17) is 27.9 Å². The van der Waals surface area contributed by atoms with E-state index in [-0.39, 0.29) is 5.41 Å². The summed E-state index contributed by atoms with van der Waals surface area (Å²) in [5.41, 5.74) is 1.15. The molecule has 0 aliphatic carbocycles. The lowest BCUT2D eigenvalue weighted by atomic mass is 9.87. The monoisotopic (exact) mass is 324 g/mol. The minimum absolute atomic E-state index is 0.0584. The van der Waals surface area contributed by atoms with Crippen LogP contribution in [0.4, 0.5) is 0 Å². The lowest BCUT2D eigenvalue weighted by molar-refractivity contribution is 0.409. The molecule has 0 bridgehead atoms. The van der Waals surface area contributed by atoms with Gasteiger partial charge in [-0.25, -0.2) is 0 Å². The molecule has 0 saturated carbocycles. The predicted octanol–water partition coefficient (Wildman–Crippen LogP) is 4.48. The van der Waals surface area contributed by atoms with Crippen LogP contribution in [0, 0.1) is 5.41 Å². The molecule has 0 atom stereocenters. The van der Waals surface area contributed by atoms with Crippen molar-refractivity contribution in [2.24, 2.45) is 5.41 Å². The van der Waals surface area contributed by atoms with Gasteiger partial charge in [0.25, 0.3) is 0 Å². The summed E-state index contributed by atoms with van der Waals surface area (Å²) in [6.07, 6.45) is 0.864. The molecule has 0 saturated heterocycles. The highest BCUT2D eigenvalue weighted by Gasteiger charge is 2.22. The summed E-state index contributed by atoms with van der Waals surface area (Å²) < 4.78 is 6.14. The molecule has 1 aromatic carbocycles. The Balaban J connectivity index is 2.86. The van der Waals surface area contributed by atoms with Gasteiger partial charge in [-0.3, -0.25) is 0 Å². The van der Waals surface area contributed by atoms with Crippen molar-refractivity contribution in [1.82, 2.24) is 0 Å². The van der Waals surface area contributed by atoms with Gasteiger partial charge in [-0.15, -0.1) is 23.2 Å². The van der Waals surface area contributed by atoms with Gasteiger partial charge < -0.3 is 4.74 Å². The number of halogens is 3. The van der Waals surface area contributed by atoms with Crippen LogP contribution in [-0.4, -0.2) is 18.9 Å². The third-order valence-corrected chi connectivity index (χ3v) is 4.40. The number of alkyl halides is 2. The molecule has 0 heterocycles. The number of hydrogen-bond acceptors (Lipinski definition) is 1. The van der Waals surface area contributed by atoms with E-state index in [1.165, 1.54) is 5.56 Å². The summed E-state index contributed by atoms with van der Waals surface area (Å²) >= 11 is 15.3. The van der Waals surface area contributed by atoms with Crippen molar-refractivity contribution in [2.45, 2.75) is 13.3 Å². The van der Waals surface area contributed by atoms with E-state index in [1.54, 1.807) is 7.11 Å². The Hall–Kier alpha value is 0.0800. The van der Waals surface area contributed by atoms with Gasteiger partial charge in [0, 0.05) is 11.8 Å². The molecule has 1 rings (SSSR count). The van der Waals surface area contributed by atoms with Gasteiger partial charge in [0.05, 0.1) is 11.6 Å². The maximum Gasteiger partial charge on any atom is 0.133 e. The second kappa shape index (κ2) is 6.13. The molecule has 0 N–H and O–H groups in total. The average Bonchev–Trinajstić information content (AvgIpc) is 2.29. The largest absolute Gasteiger partial charge is 0.496 e. The van der Waals surface area contributed by atoms with Crippen molar-refractivity contribution in [1.29, 1.82) is 0 Å². The second-order valence-corrected chi connectivity index (χ2v) is 5.61. The Morgan fingerprint density at radius 3 is 2.38 bits per heavy atom. The van der Waals surface area contributed by atoms with Gasteiger partial charge in [-0.05, 0) is 45.5 Å². The molecule has 1 aromatic rings. The maximum absolute atomic E-state index is 5.94. The second-order valence-electron chi connectivity index (χ2n) is 4.22. The van der Waals surface area contributed by atoms with Crippen LogP contribution in [0.5, 0.6) is 5.75 Å². The van der Waals surface area contributed by atoms with E-state index in [1.807, 2.05) is 12.1 Å². The SMILES string of the molecule is COc1ccc(CC(C)(CCl)CCl)cc1Br. The Morgan fingerprint density at radius 2 is 1.94 bits per heavy atom. The number of ether oxygens (including phenoxy) is 1. The van der Waals surface area contributed by atoms with Gasteiger partial charge in [-0.2, -0.15) is 0 Å². The summed E-state index contributed by atoms with van der Waals surface area (Å²) in [7, 11) is 1.65. The van der Waals surface area contributed by atoms with Crippen LogP contribution < -0.4 is 4.74 Å². The Kier molecular flexibility index (Phi) is 5.42. The highest BCUT2D eigenvalue weighted by atomic mass is 79.9. The van der Waals surface area contributed by atoms with Crippen LogP contribution in [0.2, 0.25) is 0 Å². The topological polar surface area (TPSA) is 9.23 Å². The average molecular weight is 326 g/mol. The molecule has 16 heavy (non-hydrogen) atoms. The highest BCUT2D eigenvalue weighted by molar-refractivity contribution is 9.10. The molecule has 0 unspecified atom stereocenters. The molecular formula is C12H15BrCl2O. The van der Waals surface area contributed by atoms with Crippen LogP contribution in [0.25, 0.3) is 0 Å². The zero-order valence-electron chi connectivity index (χ0n) is 9.40. The Morgan fingerprint density at radius 1 is 1.31 bits per heavy atom. The van der Waals surface area contributed by atoms with Crippen molar-refractivity contribution < 1.29 is 4.74 Å². The fraction of sp³-hybridized carbons (Fsp3) is 0.500. The Bertz CT molecular complexity index is 351. The van der Waals surface area contributed by atoms with Gasteiger partial charge >= 0.3 is 0 Å². The van der Waals surface area contributed by atoms with E-state index >= 15 is 0 Å². The van der Waals surface area contributed by atoms with E-state index in [9.17, 15) is 0 Å². The first-order valence-corrected chi connectivity index (χ1v) is 6.85. The summed E-state index contributed by atoms with van der Waals surface area (Å²) in [6, 6.07) is 6.04. The lowest BCUT2D eigenvalue weighted by Crippen LogP contribution is -2.23. The van der Waals surface area contributed by atoms with Crippen molar-refractivity contribution in [2.75, 3.05) is 18.9 Å². The van der Waals surface area contributed by atoms with Crippen LogP contribution in [0.1, 0.15) is 12.5 Å². The third-order valence-electron chi connectivity index (χ3n) is 2.49. The van der Waals surface area contributed by atoms with Crippen molar-refractivity contribution in [3.63, 3.8) is 0 Å². The summed E-state index contributed by atoms with van der Waals surface area (Å²) in [4.78, 5) is 0. The predicted molar refractivity (Wildman–Crippen MR) is 73.9 cm³/mol. The first kappa shape index (κ1) is 14.1. The Labute approximate surface area is 115 Å².